The molecule has 0 radical (unpaired) electrons. The first kappa shape index (κ1) is 11.8. The molecule has 0 amide bonds. The number of nitrogens with one attached hydrogen (secondary N) is 1. The number of aromatic amines is 1. The standard InChI is InChI=1S/C9H15N3O3/c13-5-1-3-7-10-8(4-2-6-14)12-9(15)11-7/h13-14H,1-6H2,(H,10,11,12,15). The number of aromatic nitrogens is 3. The van der Waals surface area contributed by atoms with Crippen LogP contribution in [0, 0.1) is 0 Å². The Morgan fingerprint density at radius 2 is 1.73 bits per heavy atom. The second-order valence-electron chi connectivity index (χ2n) is 3.17. The summed E-state index contributed by atoms with van der Waals surface area (Å²) in [4.78, 5) is 21.4. The molecule has 0 atom stereocenters. The van der Waals surface area contributed by atoms with Crippen molar-refractivity contribution in [1.82, 2.24) is 15.0 Å². The molecule has 6 nitrogen and oxygen atoms in total. The third-order valence-corrected chi connectivity index (χ3v) is 1.88. The van der Waals surface area contributed by atoms with E-state index < -0.39 is 5.69 Å². The summed E-state index contributed by atoms with van der Waals surface area (Å²) in [5, 5.41) is 17.3. The molecule has 0 aliphatic rings. The highest BCUT2D eigenvalue weighted by Crippen LogP contribution is 1.96. The highest BCUT2D eigenvalue weighted by molar-refractivity contribution is 4.91. The summed E-state index contributed by atoms with van der Waals surface area (Å²) in [6, 6.07) is 0. The number of H-pyrrole nitrogens is 1. The van der Waals surface area contributed by atoms with Crippen molar-refractivity contribution in [2.24, 2.45) is 0 Å². The Labute approximate surface area is 87.0 Å². The Morgan fingerprint density at radius 1 is 1.07 bits per heavy atom. The Morgan fingerprint density at radius 3 is 2.40 bits per heavy atom. The van der Waals surface area contributed by atoms with Gasteiger partial charge in [-0.15, -0.1) is 0 Å². The van der Waals surface area contributed by atoms with Crippen LogP contribution in [0.1, 0.15) is 24.5 Å². The number of nitrogens with zero attached hydrogens (tertiary/aromatic N) is 2. The Kier molecular flexibility index (Phi) is 4.92. The summed E-state index contributed by atoms with van der Waals surface area (Å²) in [6.45, 7) is 0.125. The molecule has 15 heavy (non-hydrogen) atoms. The third-order valence-electron chi connectivity index (χ3n) is 1.88. The van der Waals surface area contributed by atoms with Crippen LogP contribution in [0.4, 0.5) is 0 Å². The maximum absolute atomic E-state index is 11.1. The topological polar surface area (TPSA) is 99.1 Å². The van der Waals surface area contributed by atoms with Gasteiger partial charge in [0.25, 0.3) is 0 Å². The Bertz CT molecular complexity index is 321. The first-order valence-corrected chi connectivity index (χ1v) is 4.94. The van der Waals surface area contributed by atoms with Gasteiger partial charge in [0, 0.05) is 26.1 Å². The quantitative estimate of drug-likeness (QED) is 0.563. The van der Waals surface area contributed by atoms with E-state index in [0.29, 0.717) is 37.3 Å². The Hall–Kier alpha value is -1.27. The van der Waals surface area contributed by atoms with Gasteiger partial charge in [0.15, 0.2) is 0 Å². The molecule has 84 valence electrons. The van der Waals surface area contributed by atoms with Gasteiger partial charge < -0.3 is 10.2 Å². The maximum atomic E-state index is 11.1. The molecule has 0 aliphatic carbocycles. The van der Waals surface area contributed by atoms with Gasteiger partial charge in [-0.05, 0) is 12.8 Å². The largest absolute Gasteiger partial charge is 0.396 e. The van der Waals surface area contributed by atoms with E-state index in [1.54, 1.807) is 0 Å². The van der Waals surface area contributed by atoms with Crippen LogP contribution >= 0.6 is 0 Å². The van der Waals surface area contributed by atoms with Crippen LogP contribution in [0.2, 0.25) is 0 Å². The van der Waals surface area contributed by atoms with Crippen molar-refractivity contribution in [3.8, 4) is 0 Å². The number of hydrogen-bond acceptors (Lipinski definition) is 5. The second kappa shape index (κ2) is 6.26. The predicted molar refractivity (Wildman–Crippen MR) is 53.5 cm³/mol. The number of aliphatic hydroxyl groups is 2. The average Bonchev–Trinajstić information content (AvgIpc) is 2.23. The normalized spacial score (nSPS) is 10.5. The van der Waals surface area contributed by atoms with Crippen LogP contribution in [0.15, 0.2) is 4.79 Å². The zero-order valence-electron chi connectivity index (χ0n) is 8.44. The number of hydrogen-bond donors (Lipinski definition) is 3. The summed E-state index contributed by atoms with van der Waals surface area (Å²) in [5.74, 6) is 0.984. The van der Waals surface area contributed by atoms with E-state index in [1.165, 1.54) is 0 Å². The fourth-order valence-corrected chi connectivity index (χ4v) is 1.19. The predicted octanol–water partition coefficient (Wildman–Crippen LogP) is -0.985. The molecule has 0 saturated heterocycles. The van der Waals surface area contributed by atoms with Gasteiger partial charge in [-0.3, -0.25) is 4.98 Å². The van der Waals surface area contributed by atoms with Crippen LogP contribution in [0.3, 0.4) is 0 Å². The van der Waals surface area contributed by atoms with Crippen molar-refractivity contribution in [2.45, 2.75) is 25.7 Å². The van der Waals surface area contributed by atoms with Gasteiger partial charge in [0.1, 0.15) is 11.6 Å². The molecule has 3 N–H and O–H groups in total. The van der Waals surface area contributed by atoms with Crippen molar-refractivity contribution in [2.75, 3.05) is 13.2 Å². The van der Waals surface area contributed by atoms with Crippen LogP contribution < -0.4 is 5.69 Å². The van der Waals surface area contributed by atoms with Crippen molar-refractivity contribution >= 4 is 0 Å². The lowest BCUT2D eigenvalue weighted by molar-refractivity contribution is 0.286. The number of aryl methyl sites for hydroxylation is 2. The minimum atomic E-state index is -0.425. The molecular formula is C9H15N3O3. The van der Waals surface area contributed by atoms with Crippen molar-refractivity contribution < 1.29 is 10.2 Å². The minimum absolute atomic E-state index is 0.0577. The van der Waals surface area contributed by atoms with Crippen LogP contribution in [-0.2, 0) is 12.8 Å². The van der Waals surface area contributed by atoms with Gasteiger partial charge >= 0.3 is 5.69 Å². The van der Waals surface area contributed by atoms with E-state index in [-0.39, 0.29) is 13.2 Å². The van der Waals surface area contributed by atoms with E-state index in [2.05, 4.69) is 15.0 Å². The maximum Gasteiger partial charge on any atom is 0.348 e. The highest BCUT2D eigenvalue weighted by atomic mass is 16.3. The van der Waals surface area contributed by atoms with E-state index in [1.807, 2.05) is 0 Å². The molecule has 0 fully saturated rings. The molecule has 1 aromatic heterocycles. The molecule has 1 rings (SSSR count). The van der Waals surface area contributed by atoms with Crippen molar-refractivity contribution in [1.29, 1.82) is 0 Å². The van der Waals surface area contributed by atoms with Crippen LogP contribution in [-0.4, -0.2) is 38.4 Å². The lowest BCUT2D eigenvalue weighted by Gasteiger charge is -2.01. The van der Waals surface area contributed by atoms with E-state index >= 15 is 0 Å². The molecule has 1 heterocycles. The van der Waals surface area contributed by atoms with E-state index in [4.69, 9.17) is 10.2 Å². The molecule has 0 bridgehead atoms. The molecule has 1 aromatic rings. The lowest BCUT2D eigenvalue weighted by Crippen LogP contribution is -2.18. The summed E-state index contributed by atoms with van der Waals surface area (Å²) >= 11 is 0. The van der Waals surface area contributed by atoms with E-state index in [0.717, 1.165) is 0 Å². The van der Waals surface area contributed by atoms with Crippen molar-refractivity contribution in [3.63, 3.8) is 0 Å². The number of aliphatic hydroxyl groups excluding tert-OH is 2. The van der Waals surface area contributed by atoms with Gasteiger partial charge in [0.2, 0.25) is 0 Å². The van der Waals surface area contributed by atoms with Crippen molar-refractivity contribution in [3.05, 3.63) is 22.1 Å². The van der Waals surface area contributed by atoms with Gasteiger partial charge in [-0.1, -0.05) is 0 Å². The second-order valence-corrected chi connectivity index (χ2v) is 3.17. The van der Waals surface area contributed by atoms with E-state index in [9.17, 15) is 4.79 Å². The smallest absolute Gasteiger partial charge is 0.348 e. The van der Waals surface area contributed by atoms with Gasteiger partial charge in [-0.2, -0.15) is 4.98 Å². The molecule has 0 aliphatic heterocycles. The fraction of sp³-hybridized carbons (Fsp3) is 0.667. The molecule has 6 heteroatoms. The first-order valence-electron chi connectivity index (χ1n) is 4.94. The van der Waals surface area contributed by atoms with Crippen LogP contribution in [0.25, 0.3) is 0 Å². The monoisotopic (exact) mass is 213 g/mol. The highest BCUT2D eigenvalue weighted by Gasteiger charge is 2.02. The molecular weight excluding hydrogens is 198 g/mol. The summed E-state index contributed by atoms with van der Waals surface area (Å²) in [6.07, 6.45) is 2.13. The minimum Gasteiger partial charge on any atom is -0.396 e. The first-order chi connectivity index (χ1) is 7.26. The fourth-order valence-electron chi connectivity index (χ4n) is 1.19. The lowest BCUT2D eigenvalue weighted by atomic mass is 10.3. The molecule has 0 unspecified atom stereocenters. The van der Waals surface area contributed by atoms with Gasteiger partial charge in [-0.25, -0.2) is 9.78 Å². The SMILES string of the molecule is O=c1nc(CCCO)nc(CCCO)[nH]1. The Balaban J connectivity index is 2.71. The third kappa shape index (κ3) is 4.18. The zero-order valence-corrected chi connectivity index (χ0v) is 8.44. The van der Waals surface area contributed by atoms with Gasteiger partial charge in [0.05, 0.1) is 0 Å². The van der Waals surface area contributed by atoms with Crippen LogP contribution in [0.5, 0.6) is 0 Å². The zero-order chi connectivity index (χ0) is 11.1. The number of rotatable bonds is 6. The summed E-state index contributed by atoms with van der Waals surface area (Å²) in [5.41, 5.74) is -0.425. The molecule has 0 saturated carbocycles. The summed E-state index contributed by atoms with van der Waals surface area (Å²) in [7, 11) is 0. The average molecular weight is 213 g/mol. The summed E-state index contributed by atoms with van der Waals surface area (Å²) < 4.78 is 0. The molecule has 0 aromatic carbocycles. The molecule has 0 spiro atoms.